The van der Waals surface area contributed by atoms with Crippen molar-refractivity contribution in [3.05, 3.63) is 35.4 Å². The summed E-state index contributed by atoms with van der Waals surface area (Å²) in [4.78, 5) is 25.5. The summed E-state index contributed by atoms with van der Waals surface area (Å²) in [5.41, 5.74) is 9.03. The number of hydrogen-bond donors (Lipinski definition) is 2. The highest BCUT2D eigenvalue weighted by Gasteiger charge is 2.28. The fraction of sp³-hybridized carbons (Fsp3) is 0.500. The van der Waals surface area contributed by atoms with Gasteiger partial charge in [0, 0.05) is 13.1 Å². The van der Waals surface area contributed by atoms with Crippen LogP contribution in [0.2, 0.25) is 0 Å². The van der Waals surface area contributed by atoms with Crippen molar-refractivity contribution in [2.24, 2.45) is 5.92 Å². The number of rotatable bonds is 7. The molecular formula is C22H28N6O2. The molecule has 1 aliphatic carbocycles. The minimum Gasteiger partial charge on any atom is -0.463 e. The summed E-state index contributed by atoms with van der Waals surface area (Å²) in [6.07, 6.45) is 4.95. The van der Waals surface area contributed by atoms with Gasteiger partial charge in [-0.05, 0) is 55.8 Å². The van der Waals surface area contributed by atoms with Crippen LogP contribution in [0.4, 0.5) is 17.3 Å². The van der Waals surface area contributed by atoms with Gasteiger partial charge in [-0.3, -0.25) is 9.69 Å². The van der Waals surface area contributed by atoms with E-state index in [1.807, 2.05) is 4.90 Å². The number of carbonyl (C=O) groups excluding carboxylic acids is 1. The summed E-state index contributed by atoms with van der Waals surface area (Å²) >= 11 is 0. The van der Waals surface area contributed by atoms with Gasteiger partial charge in [0.05, 0.1) is 13.2 Å². The van der Waals surface area contributed by atoms with Crippen LogP contribution < -0.4 is 20.7 Å². The predicted molar refractivity (Wildman–Crippen MR) is 115 cm³/mol. The van der Waals surface area contributed by atoms with E-state index >= 15 is 0 Å². The second-order valence-corrected chi connectivity index (χ2v) is 8.55. The molecule has 2 aliphatic heterocycles. The lowest BCUT2D eigenvalue weighted by Gasteiger charge is -2.30. The molecule has 1 aromatic carbocycles. The molecule has 0 unspecified atom stereocenters. The molecule has 2 aromatic rings. The van der Waals surface area contributed by atoms with E-state index in [1.54, 1.807) is 0 Å². The summed E-state index contributed by atoms with van der Waals surface area (Å²) in [5, 5.41) is 2.82. The maximum Gasteiger partial charge on any atom is 0.320 e. The number of aromatic nitrogens is 2. The minimum atomic E-state index is -0.113. The Hall–Kier alpha value is -2.87. The molecule has 3 heterocycles. The molecule has 5 rings (SSSR count). The number of benzene rings is 1. The van der Waals surface area contributed by atoms with Crippen molar-refractivity contribution in [3.8, 4) is 6.01 Å². The number of nitrogens with two attached hydrogens (primary N) is 1. The first-order chi connectivity index (χ1) is 14.6. The average Bonchev–Trinajstić information content (AvgIpc) is 3.42. The third-order valence-electron chi connectivity index (χ3n) is 5.91. The molecule has 0 spiro atoms. The number of likely N-dealkylation sites (tertiary alicyclic amines) is 1. The van der Waals surface area contributed by atoms with Gasteiger partial charge in [0.15, 0.2) is 11.6 Å². The molecule has 0 bridgehead atoms. The fourth-order valence-corrected chi connectivity index (χ4v) is 4.14. The quantitative estimate of drug-likeness (QED) is 0.726. The highest BCUT2D eigenvalue weighted by atomic mass is 16.5. The van der Waals surface area contributed by atoms with Crippen LogP contribution in [0.3, 0.4) is 0 Å². The van der Waals surface area contributed by atoms with E-state index in [9.17, 15) is 4.79 Å². The molecule has 8 heteroatoms. The Morgan fingerprint density at radius 2 is 1.90 bits per heavy atom. The lowest BCUT2D eigenvalue weighted by molar-refractivity contribution is -0.115. The van der Waals surface area contributed by atoms with Crippen molar-refractivity contribution in [1.82, 2.24) is 14.9 Å². The third-order valence-corrected chi connectivity index (χ3v) is 5.91. The van der Waals surface area contributed by atoms with E-state index in [0.717, 1.165) is 12.1 Å². The molecule has 0 radical (unpaired) electrons. The zero-order valence-corrected chi connectivity index (χ0v) is 17.1. The Morgan fingerprint density at radius 1 is 1.13 bits per heavy atom. The minimum absolute atomic E-state index is 0.113. The fourth-order valence-electron chi connectivity index (χ4n) is 4.14. The second kappa shape index (κ2) is 8.10. The van der Waals surface area contributed by atoms with Gasteiger partial charge in [-0.1, -0.05) is 24.3 Å². The van der Waals surface area contributed by atoms with Gasteiger partial charge in [0.1, 0.15) is 5.69 Å². The maximum absolute atomic E-state index is 12.3. The first kappa shape index (κ1) is 19.1. The van der Waals surface area contributed by atoms with Crippen LogP contribution in [0.5, 0.6) is 6.01 Å². The second-order valence-electron chi connectivity index (χ2n) is 8.55. The molecular weight excluding hydrogens is 380 g/mol. The van der Waals surface area contributed by atoms with Crippen LogP contribution in [0.15, 0.2) is 24.3 Å². The summed E-state index contributed by atoms with van der Waals surface area (Å²) in [6, 6.07) is 8.85. The number of amides is 1. The third kappa shape index (κ3) is 4.33. The van der Waals surface area contributed by atoms with Crippen LogP contribution in [0, 0.1) is 5.92 Å². The Morgan fingerprint density at radius 3 is 2.67 bits per heavy atom. The first-order valence-corrected chi connectivity index (χ1v) is 10.8. The highest BCUT2D eigenvalue weighted by Crippen LogP contribution is 2.35. The van der Waals surface area contributed by atoms with Crippen molar-refractivity contribution in [2.45, 2.75) is 38.8 Å². The molecule has 8 nitrogen and oxygen atoms in total. The number of nitrogens with one attached hydrogen (secondary N) is 1. The topological polar surface area (TPSA) is 96.6 Å². The van der Waals surface area contributed by atoms with Gasteiger partial charge in [-0.25, -0.2) is 0 Å². The summed E-state index contributed by atoms with van der Waals surface area (Å²) in [7, 11) is 0. The molecule has 1 saturated carbocycles. The number of fused-ring (bicyclic) bond motifs is 1. The standard InChI is InChI=1S/C22H28N6O2/c23-20-19-21(26-22(25-20)30-14-15-6-7-15)28(13-18(29)24-19)12-17-5-3-4-16(10-17)11-27-8-1-2-9-27/h3-5,10,15H,1-2,6-9,11-14H2,(H,24,29)(H2,23,25,26). The Bertz CT molecular complexity index is 939. The highest BCUT2D eigenvalue weighted by molar-refractivity contribution is 6.03. The van der Waals surface area contributed by atoms with Crippen molar-refractivity contribution in [3.63, 3.8) is 0 Å². The van der Waals surface area contributed by atoms with Crippen molar-refractivity contribution >= 4 is 23.2 Å². The SMILES string of the molecule is Nc1nc(OCC2CC2)nc2c1NC(=O)CN2Cc1cccc(CN2CCCC2)c1. The van der Waals surface area contributed by atoms with Crippen molar-refractivity contribution in [1.29, 1.82) is 0 Å². The number of nitrogens with zero attached hydrogens (tertiary/aromatic N) is 4. The molecule has 0 atom stereocenters. The Balaban J connectivity index is 1.36. The first-order valence-electron chi connectivity index (χ1n) is 10.8. The van der Waals surface area contributed by atoms with E-state index in [-0.39, 0.29) is 24.3 Å². The van der Waals surface area contributed by atoms with E-state index in [2.05, 4.69) is 44.5 Å². The summed E-state index contributed by atoms with van der Waals surface area (Å²) in [5.74, 6) is 1.35. The smallest absolute Gasteiger partial charge is 0.320 e. The number of anilines is 3. The normalized spacial score (nSPS) is 18.9. The van der Waals surface area contributed by atoms with Gasteiger partial charge < -0.3 is 20.7 Å². The van der Waals surface area contributed by atoms with Gasteiger partial charge in [-0.2, -0.15) is 9.97 Å². The molecule has 3 aliphatic rings. The Labute approximate surface area is 176 Å². The Kier molecular flexibility index (Phi) is 5.16. The van der Waals surface area contributed by atoms with Gasteiger partial charge in [0.2, 0.25) is 5.91 Å². The van der Waals surface area contributed by atoms with Crippen LogP contribution in [-0.2, 0) is 17.9 Å². The van der Waals surface area contributed by atoms with Crippen LogP contribution in [0.25, 0.3) is 0 Å². The molecule has 1 saturated heterocycles. The summed E-state index contributed by atoms with van der Waals surface area (Å²) in [6.45, 7) is 4.73. The van der Waals surface area contributed by atoms with Crippen molar-refractivity contribution in [2.75, 3.05) is 42.2 Å². The summed E-state index contributed by atoms with van der Waals surface area (Å²) < 4.78 is 5.75. The van der Waals surface area contributed by atoms with Crippen LogP contribution in [-0.4, -0.2) is 47.0 Å². The van der Waals surface area contributed by atoms with E-state index < -0.39 is 0 Å². The number of carbonyl (C=O) groups is 1. The number of nitrogen functional groups attached to an aromatic ring is 1. The van der Waals surface area contributed by atoms with E-state index in [1.165, 1.54) is 44.3 Å². The predicted octanol–water partition coefficient (Wildman–Crippen LogP) is 2.40. The zero-order valence-electron chi connectivity index (χ0n) is 17.1. The molecule has 30 heavy (non-hydrogen) atoms. The molecule has 158 valence electrons. The van der Waals surface area contributed by atoms with Gasteiger partial charge in [0.25, 0.3) is 0 Å². The van der Waals surface area contributed by atoms with Crippen LogP contribution >= 0.6 is 0 Å². The zero-order chi connectivity index (χ0) is 20.5. The lowest BCUT2D eigenvalue weighted by atomic mass is 10.1. The number of ether oxygens (including phenoxy) is 1. The van der Waals surface area contributed by atoms with Gasteiger partial charge >= 0.3 is 6.01 Å². The van der Waals surface area contributed by atoms with Crippen LogP contribution in [0.1, 0.15) is 36.8 Å². The maximum atomic E-state index is 12.3. The largest absolute Gasteiger partial charge is 0.463 e. The average molecular weight is 409 g/mol. The molecule has 1 aromatic heterocycles. The molecule has 3 N–H and O–H groups in total. The van der Waals surface area contributed by atoms with E-state index in [0.29, 0.717) is 30.6 Å². The van der Waals surface area contributed by atoms with E-state index in [4.69, 9.17) is 10.5 Å². The number of hydrogen-bond acceptors (Lipinski definition) is 7. The van der Waals surface area contributed by atoms with Gasteiger partial charge in [-0.15, -0.1) is 0 Å². The molecule has 1 amide bonds. The molecule has 2 fully saturated rings. The lowest BCUT2D eigenvalue weighted by Crippen LogP contribution is -2.39. The monoisotopic (exact) mass is 408 g/mol. The van der Waals surface area contributed by atoms with Crippen molar-refractivity contribution < 1.29 is 9.53 Å².